The van der Waals surface area contributed by atoms with Crippen LogP contribution in [-0.4, -0.2) is 10.9 Å². The highest BCUT2D eigenvalue weighted by atomic mass is 16.5. The standard InChI is InChI=1S/C12H12N2O2/c1-8(15)10-3-5-11(6-4-10)14-12-7-13-16-9(12)2/h3-7,14H,1-2H3. The zero-order chi connectivity index (χ0) is 11.5. The molecule has 0 atom stereocenters. The lowest BCUT2D eigenvalue weighted by atomic mass is 10.1. The highest BCUT2D eigenvalue weighted by Crippen LogP contribution is 2.20. The summed E-state index contributed by atoms with van der Waals surface area (Å²) in [6, 6.07) is 7.27. The van der Waals surface area contributed by atoms with E-state index in [2.05, 4.69) is 10.5 Å². The van der Waals surface area contributed by atoms with Crippen molar-refractivity contribution in [3.05, 3.63) is 41.8 Å². The minimum Gasteiger partial charge on any atom is -0.359 e. The van der Waals surface area contributed by atoms with E-state index in [9.17, 15) is 4.79 Å². The van der Waals surface area contributed by atoms with Crippen LogP contribution in [0.2, 0.25) is 0 Å². The molecule has 0 aliphatic rings. The Hall–Kier alpha value is -2.10. The smallest absolute Gasteiger partial charge is 0.159 e. The van der Waals surface area contributed by atoms with Crippen molar-refractivity contribution in [3.63, 3.8) is 0 Å². The molecule has 4 nitrogen and oxygen atoms in total. The van der Waals surface area contributed by atoms with Gasteiger partial charge in [-0.15, -0.1) is 0 Å². The van der Waals surface area contributed by atoms with E-state index in [0.717, 1.165) is 17.1 Å². The molecule has 0 saturated carbocycles. The Bertz CT molecular complexity index is 500. The summed E-state index contributed by atoms with van der Waals surface area (Å²) in [6.45, 7) is 3.38. The van der Waals surface area contributed by atoms with Crippen LogP contribution < -0.4 is 5.32 Å². The number of benzene rings is 1. The van der Waals surface area contributed by atoms with Gasteiger partial charge in [0.2, 0.25) is 0 Å². The molecule has 1 aromatic heterocycles. The summed E-state index contributed by atoms with van der Waals surface area (Å²) < 4.78 is 4.93. The predicted molar refractivity (Wildman–Crippen MR) is 61.0 cm³/mol. The van der Waals surface area contributed by atoms with Gasteiger partial charge in [0.15, 0.2) is 11.5 Å². The van der Waals surface area contributed by atoms with Gasteiger partial charge in [0.05, 0.1) is 6.20 Å². The molecule has 0 saturated heterocycles. The topological polar surface area (TPSA) is 55.1 Å². The first kappa shape index (κ1) is 10.4. The molecule has 16 heavy (non-hydrogen) atoms. The number of aromatic nitrogens is 1. The third-order valence-corrected chi connectivity index (χ3v) is 2.32. The fourth-order valence-electron chi connectivity index (χ4n) is 1.36. The molecule has 0 radical (unpaired) electrons. The van der Waals surface area contributed by atoms with E-state index in [-0.39, 0.29) is 5.78 Å². The van der Waals surface area contributed by atoms with Crippen molar-refractivity contribution in [2.75, 3.05) is 5.32 Å². The quantitative estimate of drug-likeness (QED) is 0.801. The number of anilines is 2. The van der Waals surface area contributed by atoms with Crippen molar-refractivity contribution in [3.8, 4) is 0 Å². The monoisotopic (exact) mass is 216 g/mol. The van der Waals surface area contributed by atoms with Crippen LogP contribution in [0, 0.1) is 6.92 Å². The molecule has 82 valence electrons. The summed E-state index contributed by atoms with van der Waals surface area (Å²) >= 11 is 0. The van der Waals surface area contributed by atoms with Gasteiger partial charge in [-0.2, -0.15) is 0 Å². The summed E-state index contributed by atoms with van der Waals surface area (Å²) in [5.41, 5.74) is 2.43. The Kier molecular flexibility index (Phi) is 2.72. The van der Waals surface area contributed by atoms with Crippen molar-refractivity contribution in [2.45, 2.75) is 13.8 Å². The van der Waals surface area contributed by atoms with Crippen molar-refractivity contribution in [2.24, 2.45) is 0 Å². The number of nitrogens with one attached hydrogen (secondary N) is 1. The molecule has 0 fully saturated rings. The lowest BCUT2D eigenvalue weighted by molar-refractivity contribution is 0.101. The molecule has 2 rings (SSSR count). The molecule has 0 bridgehead atoms. The Balaban J connectivity index is 2.17. The maximum absolute atomic E-state index is 11.1. The van der Waals surface area contributed by atoms with Crippen molar-refractivity contribution < 1.29 is 9.32 Å². The van der Waals surface area contributed by atoms with Crippen LogP contribution in [-0.2, 0) is 0 Å². The van der Waals surface area contributed by atoms with Gasteiger partial charge in [0.25, 0.3) is 0 Å². The Morgan fingerprint density at radius 1 is 1.31 bits per heavy atom. The third-order valence-electron chi connectivity index (χ3n) is 2.32. The summed E-state index contributed by atoms with van der Waals surface area (Å²) in [5, 5.41) is 6.82. The minimum absolute atomic E-state index is 0.0627. The number of Topliss-reactive ketones (excluding diaryl/α,β-unsaturated/α-hetero) is 1. The molecule has 0 aliphatic carbocycles. The van der Waals surface area contributed by atoms with Gasteiger partial charge in [-0.3, -0.25) is 4.79 Å². The number of carbonyl (C=O) groups excluding carboxylic acids is 1. The zero-order valence-electron chi connectivity index (χ0n) is 9.15. The van der Waals surface area contributed by atoms with Gasteiger partial charge in [-0.1, -0.05) is 5.16 Å². The molecule has 0 aliphatic heterocycles. The van der Waals surface area contributed by atoms with E-state index >= 15 is 0 Å². The van der Waals surface area contributed by atoms with E-state index in [4.69, 9.17) is 4.52 Å². The fraction of sp³-hybridized carbons (Fsp3) is 0.167. The summed E-state index contributed by atoms with van der Waals surface area (Å²) in [5.74, 6) is 0.795. The Morgan fingerprint density at radius 2 is 2.00 bits per heavy atom. The second-order valence-electron chi connectivity index (χ2n) is 3.55. The van der Waals surface area contributed by atoms with Gasteiger partial charge in [-0.05, 0) is 38.1 Å². The first-order chi connectivity index (χ1) is 7.66. The van der Waals surface area contributed by atoms with Gasteiger partial charge in [0, 0.05) is 11.3 Å². The van der Waals surface area contributed by atoms with E-state index in [0.29, 0.717) is 5.56 Å². The van der Waals surface area contributed by atoms with Gasteiger partial charge in [-0.25, -0.2) is 0 Å². The molecule has 4 heteroatoms. The van der Waals surface area contributed by atoms with Crippen LogP contribution in [0.15, 0.2) is 35.0 Å². The van der Waals surface area contributed by atoms with Gasteiger partial charge >= 0.3 is 0 Å². The number of hydrogen-bond acceptors (Lipinski definition) is 4. The van der Waals surface area contributed by atoms with Crippen LogP contribution in [0.25, 0.3) is 0 Å². The summed E-state index contributed by atoms with van der Waals surface area (Å²) in [6.07, 6.45) is 1.62. The third kappa shape index (κ3) is 2.11. The summed E-state index contributed by atoms with van der Waals surface area (Å²) in [4.78, 5) is 11.1. The number of nitrogens with zero attached hydrogens (tertiary/aromatic N) is 1. The fourth-order valence-corrected chi connectivity index (χ4v) is 1.36. The maximum atomic E-state index is 11.1. The highest BCUT2D eigenvalue weighted by molar-refractivity contribution is 5.94. The maximum Gasteiger partial charge on any atom is 0.159 e. The number of hydrogen-bond donors (Lipinski definition) is 1. The zero-order valence-corrected chi connectivity index (χ0v) is 9.15. The van der Waals surface area contributed by atoms with E-state index in [1.165, 1.54) is 0 Å². The predicted octanol–water partition coefficient (Wildman–Crippen LogP) is 2.93. The Morgan fingerprint density at radius 3 is 2.50 bits per heavy atom. The number of ketones is 1. The molecule has 2 aromatic rings. The largest absolute Gasteiger partial charge is 0.359 e. The van der Waals surface area contributed by atoms with E-state index < -0.39 is 0 Å². The molecule has 1 N–H and O–H groups in total. The van der Waals surface area contributed by atoms with Gasteiger partial charge < -0.3 is 9.84 Å². The van der Waals surface area contributed by atoms with Crippen LogP contribution in [0.4, 0.5) is 11.4 Å². The van der Waals surface area contributed by atoms with Crippen molar-refractivity contribution >= 4 is 17.2 Å². The van der Waals surface area contributed by atoms with Crippen LogP contribution in [0.1, 0.15) is 23.0 Å². The van der Waals surface area contributed by atoms with Crippen LogP contribution in [0.3, 0.4) is 0 Å². The highest BCUT2D eigenvalue weighted by Gasteiger charge is 2.03. The van der Waals surface area contributed by atoms with E-state index in [1.54, 1.807) is 25.3 Å². The average molecular weight is 216 g/mol. The normalized spacial score (nSPS) is 10.1. The Labute approximate surface area is 93.3 Å². The SMILES string of the molecule is CC(=O)c1ccc(Nc2cnoc2C)cc1. The lowest BCUT2D eigenvalue weighted by Crippen LogP contribution is -1.94. The molecule has 0 unspecified atom stereocenters. The molecule has 0 spiro atoms. The van der Waals surface area contributed by atoms with E-state index in [1.807, 2.05) is 19.1 Å². The summed E-state index contributed by atoms with van der Waals surface area (Å²) in [7, 11) is 0. The second-order valence-corrected chi connectivity index (χ2v) is 3.55. The van der Waals surface area contributed by atoms with Crippen molar-refractivity contribution in [1.82, 2.24) is 5.16 Å². The molecule has 0 amide bonds. The average Bonchev–Trinajstić information content (AvgIpc) is 2.65. The van der Waals surface area contributed by atoms with Crippen LogP contribution >= 0.6 is 0 Å². The number of aryl methyl sites for hydroxylation is 1. The van der Waals surface area contributed by atoms with Gasteiger partial charge in [0.1, 0.15) is 5.69 Å². The molecule has 1 heterocycles. The van der Waals surface area contributed by atoms with Crippen LogP contribution in [0.5, 0.6) is 0 Å². The first-order valence-corrected chi connectivity index (χ1v) is 4.96. The second kappa shape index (κ2) is 4.18. The molecular weight excluding hydrogens is 204 g/mol. The molecular formula is C12H12N2O2. The lowest BCUT2D eigenvalue weighted by Gasteiger charge is -2.04. The molecule has 1 aromatic carbocycles. The number of carbonyl (C=O) groups is 1. The first-order valence-electron chi connectivity index (χ1n) is 4.96. The van der Waals surface area contributed by atoms with Crippen molar-refractivity contribution in [1.29, 1.82) is 0 Å². The minimum atomic E-state index is 0.0627. The number of rotatable bonds is 3.